The third kappa shape index (κ3) is 6.92. The molecule has 1 N–H and O–H groups in total. The molecule has 0 saturated carbocycles. The molecule has 0 aliphatic carbocycles. The Morgan fingerprint density at radius 2 is 1.58 bits per heavy atom. The van der Waals surface area contributed by atoms with Gasteiger partial charge in [-0.05, 0) is 42.3 Å². The number of ether oxygens (including phenoxy) is 1. The quantitative estimate of drug-likeness (QED) is 0.636. The fraction of sp³-hybridized carbons (Fsp3) is 0.375. The van der Waals surface area contributed by atoms with Crippen molar-refractivity contribution < 1.29 is 23.5 Å². The molecular formula is C24H27ClFN3O4. The van der Waals surface area contributed by atoms with E-state index in [0.29, 0.717) is 39.0 Å². The van der Waals surface area contributed by atoms with Gasteiger partial charge in [-0.2, -0.15) is 0 Å². The molecule has 0 radical (unpaired) electrons. The van der Waals surface area contributed by atoms with Crippen molar-refractivity contribution in [2.75, 3.05) is 39.8 Å². The van der Waals surface area contributed by atoms with E-state index in [2.05, 4.69) is 5.32 Å². The van der Waals surface area contributed by atoms with Gasteiger partial charge in [0.2, 0.25) is 11.8 Å². The van der Waals surface area contributed by atoms with Crippen LogP contribution < -0.4 is 10.1 Å². The van der Waals surface area contributed by atoms with Crippen molar-refractivity contribution in [2.45, 2.75) is 19.3 Å². The van der Waals surface area contributed by atoms with Crippen molar-refractivity contribution >= 4 is 29.3 Å². The topological polar surface area (TPSA) is 79.0 Å². The summed E-state index contributed by atoms with van der Waals surface area (Å²) in [6.45, 7) is 2.05. The number of amides is 3. The Hall–Kier alpha value is -3.13. The van der Waals surface area contributed by atoms with Crippen molar-refractivity contribution in [1.82, 2.24) is 15.1 Å². The SMILES string of the molecule is COc1ccc(CCC(=O)N2CCN(C(=O)CCNC(=O)c3ccc(F)cc3Cl)CC2)cc1. The number of benzene rings is 2. The fourth-order valence-electron chi connectivity index (χ4n) is 3.62. The van der Waals surface area contributed by atoms with Crippen LogP contribution >= 0.6 is 11.6 Å². The molecule has 3 rings (SSSR count). The van der Waals surface area contributed by atoms with E-state index in [-0.39, 0.29) is 35.4 Å². The van der Waals surface area contributed by atoms with E-state index in [1.165, 1.54) is 6.07 Å². The minimum absolute atomic E-state index is 0.0200. The number of nitrogens with one attached hydrogen (secondary N) is 1. The van der Waals surface area contributed by atoms with Gasteiger partial charge in [-0.25, -0.2) is 4.39 Å². The van der Waals surface area contributed by atoms with Crippen LogP contribution in [0.4, 0.5) is 4.39 Å². The fourth-order valence-corrected chi connectivity index (χ4v) is 3.87. The van der Waals surface area contributed by atoms with Gasteiger partial charge in [0.1, 0.15) is 11.6 Å². The Morgan fingerprint density at radius 3 is 2.15 bits per heavy atom. The summed E-state index contributed by atoms with van der Waals surface area (Å²) >= 11 is 5.88. The molecular weight excluding hydrogens is 449 g/mol. The molecule has 2 aromatic rings. The number of aryl methyl sites for hydroxylation is 1. The van der Waals surface area contributed by atoms with Gasteiger partial charge in [0.05, 0.1) is 17.7 Å². The van der Waals surface area contributed by atoms with Gasteiger partial charge in [-0.1, -0.05) is 23.7 Å². The number of carbonyl (C=O) groups is 3. The Morgan fingerprint density at radius 1 is 0.970 bits per heavy atom. The molecule has 0 atom stereocenters. The second-order valence-corrected chi connectivity index (χ2v) is 8.15. The maximum Gasteiger partial charge on any atom is 0.252 e. The van der Waals surface area contributed by atoms with Gasteiger partial charge >= 0.3 is 0 Å². The molecule has 176 valence electrons. The van der Waals surface area contributed by atoms with Crippen LogP contribution in [0.15, 0.2) is 42.5 Å². The van der Waals surface area contributed by atoms with Crippen LogP contribution in [0, 0.1) is 5.82 Å². The number of nitrogens with zero attached hydrogens (tertiary/aromatic N) is 2. The van der Waals surface area contributed by atoms with E-state index in [1.54, 1.807) is 16.9 Å². The lowest BCUT2D eigenvalue weighted by atomic mass is 10.1. The Labute approximate surface area is 197 Å². The van der Waals surface area contributed by atoms with Gasteiger partial charge < -0.3 is 19.9 Å². The maximum atomic E-state index is 13.1. The second kappa shape index (κ2) is 11.7. The predicted octanol–water partition coefficient (Wildman–Crippen LogP) is 2.91. The molecule has 1 saturated heterocycles. The highest BCUT2D eigenvalue weighted by Gasteiger charge is 2.24. The first-order valence-corrected chi connectivity index (χ1v) is 11.2. The number of hydrogen-bond donors (Lipinski definition) is 1. The van der Waals surface area contributed by atoms with Crippen LogP contribution in [0.1, 0.15) is 28.8 Å². The smallest absolute Gasteiger partial charge is 0.252 e. The van der Waals surface area contributed by atoms with E-state index in [9.17, 15) is 18.8 Å². The Bertz CT molecular complexity index is 992. The Kier molecular flexibility index (Phi) is 8.65. The van der Waals surface area contributed by atoms with E-state index < -0.39 is 11.7 Å². The molecule has 3 amide bonds. The first-order chi connectivity index (χ1) is 15.9. The summed E-state index contributed by atoms with van der Waals surface area (Å²) < 4.78 is 18.2. The van der Waals surface area contributed by atoms with Gasteiger partial charge in [0.15, 0.2) is 0 Å². The van der Waals surface area contributed by atoms with E-state index in [1.807, 2.05) is 24.3 Å². The molecule has 0 spiro atoms. The minimum Gasteiger partial charge on any atom is -0.497 e. The average Bonchev–Trinajstić information content (AvgIpc) is 2.82. The van der Waals surface area contributed by atoms with Crippen LogP contribution in [-0.4, -0.2) is 67.4 Å². The molecule has 0 unspecified atom stereocenters. The van der Waals surface area contributed by atoms with E-state index in [4.69, 9.17) is 16.3 Å². The van der Waals surface area contributed by atoms with Crippen LogP contribution in [-0.2, 0) is 16.0 Å². The molecule has 7 nitrogen and oxygen atoms in total. The summed E-state index contributed by atoms with van der Waals surface area (Å²) in [6, 6.07) is 11.2. The zero-order chi connectivity index (χ0) is 23.8. The van der Waals surface area contributed by atoms with Crippen LogP contribution in [0.3, 0.4) is 0 Å². The van der Waals surface area contributed by atoms with Gasteiger partial charge in [0.25, 0.3) is 5.91 Å². The molecule has 0 bridgehead atoms. The number of carbonyl (C=O) groups excluding carboxylic acids is 3. The number of rotatable bonds is 8. The highest BCUT2D eigenvalue weighted by Crippen LogP contribution is 2.17. The highest BCUT2D eigenvalue weighted by atomic mass is 35.5. The van der Waals surface area contributed by atoms with Crippen LogP contribution in [0.2, 0.25) is 5.02 Å². The zero-order valence-electron chi connectivity index (χ0n) is 18.5. The van der Waals surface area contributed by atoms with Crippen molar-refractivity contribution in [3.8, 4) is 5.75 Å². The zero-order valence-corrected chi connectivity index (χ0v) is 19.2. The normalized spacial score (nSPS) is 13.5. The third-order valence-corrected chi connectivity index (χ3v) is 5.88. The minimum atomic E-state index is -0.523. The monoisotopic (exact) mass is 475 g/mol. The van der Waals surface area contributed by atoms with Crippen molar-refractivity contribution in [2.24, 2.45) is 0 Å². The third-order valence-electron chi connectivity index (χ3n) is 5.57. The van der Waals surface area contributed by atoms with Crippen LogP contribution in [0.25, 0.3) is 0 Å². The second-order valence-electron chi connectivity index (χ2n) is 7.74. The van der Waals surface area contributed by atoms with Crippen molar-refractivity contribution in [3.63, 3.8) is 0 Å². The molecule has 33 heavy (non-hydrogen) atoms. The molecule has 1 heterocycles. The highest BCUT2D eigenvalue weighted by molar-refractivity contribution is 6.33. The first-order valence-electron chi connectivity index (χ1n) is 10.8. The first kappa shape index (κ1) is 24.5. The number of halogens is 2. The van der Waals surface area contributed by atoms with Crippen LogP contribution in [0.5, 0.6) is 5.75 Å². The summed E-state index contributed by atoms with van der Waals surface area (Å²) in [5.41, 5.74) is 1.23. The van der Waals surface area contributed by atoms with Gasteiger partial charge in [-0.15, -0.1) is 0 Å². The largest absolute Gasteiger partial charge is 0.497 e. The lowest BCUT2D eigenvalue weighted by Gasteiger charge is -2.35. The summed E-state index contributed by atoms with van der Waals surface area (Å²) in [5, 5.41) is 2.65. The average molecular weight is 476 g/mol. The predicted molar refractivity (Wildman–Crippen MR) is 123 cm³/mol. The molecule has 1 fully saturated rings. The number of methoxy groups -OCH3 is 1. The Balaban J connectivity index is 1.36. The lowest BCUT2D eigenvalue weighted by molar-refractivity contribution is -0.139. The summed E-state index contributed by atoms with van der Waals surface area (Å²) in [4.78, 5) is 40.6. The van der Waals surface area contributed by atoms with Crippen molar-refractivity contribution in [1.29, 1.82) is 0 Å². The maximum absolute atomic E-state index is 13.1. The lowest BCUT2D eigenvalue weighted by Crippen LogP contribution is -2.51. The molecule has 1 aliphatic rings. The van der Waals surface area contributed by atoms with Crippen molar-refractivity contribution in [3.05, 3.63) is 64.4 Å². The molecule has 2 aromatic carbocycles. The number of piperazine rings is 1. The number of hydrogen-bond acceptors (Lipinski definition) is 4. The summed E-state index contributed by atoms with van der Waals surface area (Å²) in [5.74, 6) is -0.220. The van der Waals surface area contributed by atoms with Gasteiger partial charge in [-0.3, -0.25) is 14.4 Å². The summed E-state index contributed by atoms with van der Waals surface area (Å²) in [7, 11) is 1.61. The van der Waals surface area contributed by atoms with Gasteiger partial charge in [0, 0.05) is 45.6 Å². The molecule has 1 aliphatic heterocycles. The standard InChI is InChI=1S/C24H27ClFN3O4/c1-33-19-6-2-17(3-7-19)4-9-22(30)28-12-14-29(15-13-28)23(31)10-11-27-24(32)20-8-5-18(26)16-21(20)25/h2-3,5-8,16H,4,9-15H2,1H3,(H,27,32). The summed E-state index contributed by atoms with van der Waals surface area (Å²) in [6.07, 6.45) is 1.20. The molecule has 9 heteroatoms. The molecule has 0 aromatic heterocycles. The van der Waals surface area contributed by atoms with E-state index in [0.717, 1.165) is 23.4 Å². The van der Waals surface area contributed by atoms with E-state index >= 15 is 0 Å².